The van der Waals surface area contributed by atoms with Gasteiger partial charge in [-0.1, -0.05) is 35.9 Å². The van der Waals surface area contributed by atoms with E-state index in [0.29, 0.717) is 17.8 Å². The Morgan fingerprint density at radius 2 is 1.83 bits per heavy atom. The normalized spacial score (nSPS) is 13.5. The highest BCUT2D eigenvalue weighted by molar-refractivity contribution is 5.91. The molecule has 0 aromatic heterocycles. The van der Waals surface area contributed by atoms with Crippen LogP contribution in [0.3, 0.4) is 0 Å². The number of amidine groups is 1. The maximum absolute atomic E-state index is 11.5. The minimum absolute atomic E-state index is 0.337. The molecule has 0 fully saturated rings. The first-order valence-electron chi connectivity index (χ1n) is 7.40. The molecule has 0 saturated carbocycles. The molecule has 2 aromatic rings. The third-order valence-corrected chi connectivity index (χ3v) is 3.80. The van der Waals surface area contributed by atoms with E-state index in [2.05, 4.69) is 18.0 Å². The van der Waals surface area contributed by atoms with Crippen LogP contribution in [0.25, 0.3) is 17.2 Å². The molecule has 0 atom stereocenters. The van der Waals surface area contributed by atoms with Crippen LogP contribution in [0.1, 0.15) is 29.3 Å². The zero-order chi connectivity index (χ0) is 16.4. The van der Waals surface area contributed by atoms with E-state index in [4.69, 9.17) is 10.5 Å². The van der Waals surface area contributed by atoms with Crippen molar-refractivity contribution in [1.82, 2.24) is 0 Å². The lowest BCUT2D eigenvalue weighted by Crippen LogP contribution is -2.10. The van der Waals surface area contributed by atoms with Gasteiger partial charge in [0, 0.05) is 12.0 Å². The van der Waals surface area contributed by atoms with Gasteiger partial charge in [0.15, 0.2) is 0 Å². The van der Waals surface area contributed by atoms with Crippen molar-refractivity contribution in [1.29, 1.82) is 0 Å². The average molecular weight is 306 g/mol. The van der Waals surface area contributed by atoms with E-state index in [1.807, 2.05) is 30.3 Å². The molecule has 0 saturated heterocycles. The fourth-order valence-corrected chi connectivity index (χ4v) is 2.66. The van der Waals surface area contributed by atoms with Crippen LogP contribution in [0.15, 0.2) is 53.0 Å². The fraction of sp³-hybridized carbons (Fsp3) is 0.158. The summed E-state index contributed by atoms with van der Waals surface area (Å²) in [6.07, 6.45) is 2.81. The molecular weight excluding hydrogens is 288 g/mol. The predicted octanol–water partition coefficient (Wildman–Crippen LogP) is 3.94. The molecule has 4 nitrogen and oxygen atoms in total. The number of hydrogen-bond acceptors (Lipinski definition) is 4. The Morgan fingerprint density at radius 1 is 1.13 bits per heavy atom. The molecule has 116 valence electrons. The van der Waals surface area contributed by atoms with Gasteiger partial charge in [0.05, 0.1) is 18.4 Å². The van der Waals surface area contributed by atoms with E-state index in [-0.39, 0.29) is 5.97 Å². The minimum Gasteiger partial charge on any atom is -0.465 e. The lowest BCUT2D eigenvalue weighted by atomic mass is 10.0. The molecule has 1 heterocycles. The maximum Gasteiger partial charge on any atom is 0.337 e. The van der Waals surface area contributed by atoms with Gasteiger partial charge < -0.3 is 10.5 Å². The van der Waals surface area contributed by atoms with E-state index in [1.165, 1.54) is 12.7 Å². The van der Waals surface area contributed by atoms with Gasteiger partial charge in [-0.05, 0) is 36.2 Å². The molecule has 2 aromatic carbocycles. The van der Waals surface area contributed by atoms with Gasteiger partial charge in [-0.2, -0.15) is 0 Å². The second-order valence-corrected chi connectivity index (χ2v) is 5.61. The lowest BCUT2D eigenvalue weighted by Gasteiger charge is -2.07. The Kier molecular flexibility index (Phi) is 3.98. The predicted molar refractivity (Wildman–Crippen MR) is 92.8 cm³/mol. The number of carbonyl (C=O) groups is 1. The first kappa shape index (κ1) is 15.0. The highest BCUT2D eigenvalue weighted by atomic mass is 16.5. The summed E-state index contributed by atoms with van der Waals surface area (Å²) in [5, 5.41) is 0. The number of hydrogen-bond donors (Lipinski definition) is 1. The number of aliphatic imine (C=N–C) groups is 1. The average Bonchev–Trinajstić information content (AvgIpc) is 2.69. The molecule has 1 aliphatic rings. The Morgan fingerprint density at radius 3 is 2.52 bits per heavy atom. The van der Waals surface area contributed by atoms with Gasteiger partial charge in [-0.15, -0.1) is 0 Å². The van der Waals surface area contributed by atoms with Gasteiger partial charge in [0.25, 0.3) is 0 Å². The summed E-state index contributed by atoms with van der Waals surface area (Å²) < 4.78 is 4.71. The monoisotopic (exact) mass is 306 g/mol. The third kappa shape index (κ3) is 3.16. The van der Waals surface area contributed by atoms with E-state index >= 15 is 0 Å². The van der Waals surface area contributed by atoms with Crippen LogP contribution in [0.2, 0.25) is 0 Å². The molecule has 2 N–H and O–H groups in total. The molecule has 0 spiro atoms. The van der Waals surface area contributed by atoms with Crippen LogP contribution < -0.4 is 5.73 Å². The summed E-state index contributed by atoms with van der Waals surface area (Å²) in [6.45, 7) is 2.05. The SMILES string of the molecule is COC(=O)c1ccc(-c2ccc3c(c2)N=C(N)CC(C)=C3)cc1. The summed E-state index contributed by atoms with van der Waals surface area (Å²) in [5.41, 5.74) is 11.7. The Hall–Kier alpha value is -2.88. The number of nitrogens with two attached hydrogens (primary N) is 1. The summed E-state index contributed by atoms with van der Waals surface area (Å²) >= 11 is 0. The third-order valence-electron chi connectivity index (χ3n) is 3.80. The number of nitrogens with zero attached hydrogens (tertiary/aromatic N) is 1. The molecule has 23 heavy (non-hydrogen) atoms. The Balaban J connectivity index is 1.99. The van der Waals surface area contributed by atoms with Gasteiger partial charge in [-0.3, -0.25) is 0 Å². The van der Waals surface area contributed by atoms with Crippen molar-refractivity contribution in [3.05, 3.63) is 59.2 Å². The molecule has 0 aliphatic carbocycles. The Labute approximate surface area is 135 Å². The molecule has 0 amide bonds. The standard InChI is InChI=1S/C19H18N2O2/c1-12-9-16-8-7-15(11-17(16)21-18(20)10-12)13-3-5-14(6-4-13)19(22)23-2/h3-9,11H,10H2,1-2H3,(H2,20,21). The van der Waals surface area contributed by atoms with Crippen molar-refractivity contribution in [3.8, 4) is 11.1 Å². The summed E-state index contributed by atoms with van der Waals surface area (Å²) in [7, 11) is 1.38. The van der Waals surface area contributed by atoms with E-state index in [9.17, 15) is 4.79 Å². The number of ether oxygens (including phenoxy) is 1. The fourth-order valence-electron chi connectivity index (χ4n) is 2.66. The van der Waals surface area contributed by atoms with Crippen molar-refractivity contribution in [2.75, 3.05) is 7.11 Å². The second kappa shape index (κ2) is 6.08. The summed E-state index contributed by atoms with van der Waals surface area (Å²) in [4.78, 5) is 16.0. The van der Waals surface area contributed by atoms with E-state index < -0.39 is 0 Å². The van der Waals surface area contributed by atoms with Crippen LogP contribution in [-0.4, -0.2) is 18.9 Å². The molecule has 0 radical (unpaired) electrons. The highest BCUT2D eigenvalue weighted by Gasteiger charge is 2.10. The van der Waals surface area contributed by atoms with Crippen molar-refractivity contribution >= 4 is 23.6 Å². The largest absolute Gasteiger partial charge is 0.465 e. The summed E-state index contributed by atoms with van der Waals surface area (Å²) in [5.74, 6) is 0.284. The van der Waals surface area contributed by atoms with Crippen molar-refractivity contribution < 1.29 is 9.53 Å². The smallest absolute Gasteiger partial charge is 0.337 e. The lowest BCUT2D eigenvalue weighted by molar-refractivity contribution is 0.0601. The van der Waals surface area contributed by atoms with E-state index in [1.54, 1.807) is 12.1 Å². The second-order valence-electron chi connectivity index (χ2n) is 5.61. The van der Waals surface area contributed by atoms with Crippen molar-refractivity contribution in [2.45, 2.75) is 13.3 Å². The number of fused-ring (bicyclic) bond motifs is 1. The first-order valence-corrected chi connectivity index (χ1v) is 7.40. The van der Waals surface area contributed by atoms with E-state index in [0.717, 1.165) is 22.4 Å². The van der Waals surface area contributed by atoms with Crippen LogP contribution in [0, 0.1) is 0 Å². The highest BCUT2D eigenvalue weighted by Crippen LogP contribution is 2.31. The molecule has 0 unspecified atom stereocenters. The number of methoxy groups -OCH3 is 1. The maximum atomic E-state index is 11.5. The quantitative estimate of drug-likeness (QED) is 0.855. The van der Waals surface area contributed by atoms with Crippen LogP contribution in [0.4, 0.5) is 5.69 Å². The van der Waals surface area contributed by atoms with Gasteiger partial charge in [0.2, 0.25) is 0 Å². The first-order chi connectivity index (χ1) is 11.1. The topological polar surface area (TPSA) is 64.7 Å². The van der Waals surface area contributed by atoms with Crippen LogP contribution in [0.5, 0.6) is 0 Å². The van der Waals surface area contributed by atoms with Crippen molar-refractivity contribution in [3.63, 3.8) is 0 Å². The minimum atomic E-state index is -0.337. The summed E-state index contributed by atoms with van der Waals surface area (Å²) in [6, 6.07) is 13.4. The number of esters is 1. The number of benzene rings is 2. The molecule has 4 heteroatoms. The van der Waals surface area contributed by atoms with Crippen LogP contribution >= 0.6 is 0 Å². The zero-order valence-corrected chi connectivity index (χ0v) is 13.2. The zero-order valence-electron chi connectivity index (χ0n) is 13.2. The van der Waals surface area contributed by atoms with Gasteiger partial charge >= 0.3 is 5.97 Å². The molecule has 0 bridgehead atoms. The molecular formula is C19H18N2O2. The number of rotatable bonds is 2. The van der Waals surface area contributed by atoms with Crippen LogP contribution in [-0.2, 0) is 4.74 Å². The van der Waals surface area contributed by atoms with Crippen molar-refractivity contribution in [2.24, 2.45) is 10.7 Å². The van der Waals surface area contributed by atoms with Gasteiger partial charge in [0.1, 0.15) is 5.84 Å². The molecule has 1 aliphatic heterocycles. The Bertz CT molecular complexity index is 818. The molecule has 3 rings (SSSR count). The number of carbonyl (C=O) groups excluding carboxylic acids is 1. The van der Waals surface area contributed by atoms with Gasteiger partial charge in [-0.25, -0.2) is 9.79 Å².